The Hall–Kier alpha value is -3.92. The van der Waals surface area contributed by atoms with Crippen molar-refractivity contribution < 1.29 is 20.4 Å². The fraction of sp³-hybridized carbons (Fsp3) is 0.200. The van der Waals surface area contributed by atoms with Crippen molar-refractivity contribution in [2.24, 2.45) is 0 Å². The van der Waals surface area contributed by atoms with Gasteiger partial charge in [0.25, 0.3) is 0 Å². The van der Waals surface area contributed by atoms with Gasteiger partial charge >= 0.3 is 0 Å². The summed E-state index contributed by atoms with van der Waals surface area (Å²) in [5.74, 6) is 1.19. The Morgan fingerprint density at radius 1 is 0.441 bits per heavy atom. The Morgan fingerprint density at radius 3 is 1.24 bits per heavy atom. The Morgan fingerprint density at radius 2 is 0.824 bits per heavy atom. The number of hydrogen-bond donors (Lipinski definition) is 4. The van der Waals surface area contributed by atoms with Gasteiger partial charge < -0.3 is 20.4 Å². The topological polar surface area (TPSA) is 80.9 Å². The van der Waals surface area contributed by atoms with Gasteiger partial charge in [-0.1, -0.05) is 69.2 Å². The van der Waals surface area contributed by atoms with Crippen LogP contribution in [0.3, 0.4) is 0 Å². The smallest absolute Gasteiger partial charge is 0.119 e. The molecule has 0 fully saturated rings. The predicted octanol–water partition coefficient (Wildman–Crippen LogP) is 7.43. The van der Waals surface area contributed by atoms with E-state index in [1.807, 2.05) is 42.5 Å². The first-order valence-corrected chi connectivity index (χ1v) is 11.6. The zero-order chi connectivity index (χ0) is 24.5. The monoisotopic (exact) mass is 456 g/mol. The van der Waals surface area contributed by atoms with Gasteiger partial charge in [0.05, 0.1) is 0 Å². The second-order valence-electron chi connectivity index (χ2n) is 8.23. The summed E-state index contributed by atoms with van der Waals surface area (Å²) in [6, 6.07) is 24.9. The summed E-state index contributed by atoms with van der Waals surface area (Å²) in [6.07, 6.45) is 3.92. The number of aromatic hydroxyl groups is 4. The highest BCUT2D eigenvalue weighted by molar-refractivity contribution is 5.71. The molecular weight excluding hydrogens is 424 g/mol. The number of rotatable bonds is 6. The van der Waals surface area contributed by atoms with Crippen LogP contribution in [0.5, 0.6) is 23.0 Å². The molecule has 0 aliphatic heterocycles. The lowest BCUT2D eigenvalue weighted by Gasteiger charge is -2.16. The van der Waals surface area contributed by atoms with E-state index in [1.165, 1.54) is 5.56 Å². The SMILES string of the molecule is CCCc1c(O)ccc(-c2ccc(O)cc2)c1CCC.Oc1ccc(-c2ccc(O)cc2)cc1. The molecule has 4 N–H and O–H groups in total. The van der Waals surface area contributed by atoms with Gasteiger partial charge in [-0.25, -0.2) is 0 Å². The minimum Gasteiger partial charge on any atom is -0.508 e. The van der Waals surface area contributed by atoms with Gasteiger partial charge in [-0.3, -0.25) is 0 Å². The largest absolute Gasteiger partial charge is 0.508 e. The number of phenols is 4. The van der Waals surface area contributed by atoms with Gasteiger partial charge in [0.1, 0.15) is 23.0 Å². The molecule has 176 valence electrons. The lowest BCUT2D eigenvalue weighted by atomic mass is 9.90. The van der Waals surface area contributed by atoms with Crippen LogP contribution in [0.1, 0.15) is 37.8 Å². The van der Waals surface area contributed by atoms with Crippen molar-refractivity contribution in [2.45, 2.75) is 39.5 Å². The summed E-state index contributed by atoms with van der Waals surface area (Å²) in [5.41, 5.74) is 6.59. The average Bonchev–Trinajstić information content (AvgIpc) is 2.84. The van der Waals surface area contributed by atoms with E-state index in [2.05, 4.69) is 13.8 Å². The van der Waals surface area contributed by atoms with Crippen molar-refractivity contribution in [2.75, 3.05) is 0 Å². The van der Waals surface area contributed by atoms with Crippen LogP contribution in [-0.4, -0.2) is 20.4 Å². The van der Waals surface area contributed by atoms with Crippen LogP contribution < -0.4 is 0 Å². The molecule has 0 amide bonds. The van der Waals surface area contributed by atoms with Crippen LogP contribution in [0, 0.1) is 0 Å². The van der Waals surface area contributed by atoms with Crippen molar-refractivity contribution in [3.05, 3.63) is 96.1 Å². The summed E-state index contributed by atoms with van der Waals surface area (Å²) in [5, 5.41) is 37.8. The number of benzene rings is 4. The molecule has 0 heterocycles. The summed E-state index contributed by atoms with van der Waals surface area (Å²) in [4.78, 5) is 0. The van der Waals surface area contributed by atoms with E-state index in [4.69, 9.17) is 10.2 Å². The Labute approximate surface area is 201 Å². The molecule has 34 heavy (non-hydrogen) atoms. The fourth-order valence-corrected chi connectivity index (χ4v) is 3.96. The molecule has 4 aromatic carbocycles. The molecule has 0 aromatic heterocycles. The first kappa shape index (κ1) is 24.7. The third-order valence-corrected chi connectivity index (χ3v) is 5.65. The fourth-order valence-electron chi connectivity index (χ4n) is 3.96. The first-order valence-electron chi connectivity index (χ1n) is 11.6. The molecule has 0 bridgehead atoms. The Bertz CT molecular complexity index is 1130. The molecule has 4 nitrogen and oxygen atoms in total. The second-order valence-corrected chi connectivity index (χ2v) is 8.23. The van der Waals surface area contributed by atoms with Crippen LogP contribution in [0.4, 0.5) is 0 Å². The molecule has 4 rings (SSSR count). The number of phenolic OH excluding ortho intramolecular Hbond substituents is 4. The van der Waals surface area contributed by atoms with Crippen molar-refractivity contribution in [1.29, 1.82) is 0 Å². The lowest BCUT2D eigenvalue weighted by molar-refractivity contribution is 0.466. The Kier molecular flexibility index (Phi) is 8.58. The molecular formula is C30H32O4. The van der Waals surface area contributed by atoms with Crippen LogP contribution in [0.25, 0.3) is 22.3 Å². The summed E-state index contributed by atoms with van der Waals surface area (Å²) in [6.45, 7) is 4.28. The van der Waals surface area contributed by atoms with Crippen LogP contribution in [0.15, 0.2) is 84.9 Å². The van der Waals surface area contributed by atoms with E-state index in [1.54, 1.807) is 42.5 Å². The summed E-state index contributed by atoms with van der Waals surface area (Å²) < 4.78 is 0. The zero-order valence-electron chi connectivity index (χ0n) is 19.7. The maximum atomic E-state index is 10.1. The number of hydrogen-bond acceptors (Lipinski definition) is 4. The highest BCUT2D eigenvalue weighted by atomic mass is 16.3. The predicted molar refractivity (Wildman–Crippen MR) is 138 cm³/mol. The third kappa shape index (κ3) is 6.32. The molecule has 0 aliphatic rings. The van der Waals surface area contributed by atoms with Crippen LogP contribution in [-0.2, 0) is 12.8 Å². The molecule has 4 heteroatoms. The van der Waals surface area contributed by atoms with E-state index in [-0.39, 0.29) is 17.2 Å². The maximum absolute atomic E-state index is 10.1. The molecule has 0 atom stereocenters. The van der Waals surface area contributed by atoms with E-state index in [9.17, 15) is 10.2 Å². The van der Waals surface area contributed by atoms with E-state index < -0.39 is 0 Å². The standard InChI is InChI=1S/C18H22O2.C12H10O2/c1-3-5-16-15(13-7-9-14(19)10-8-13)11-12-18(20)17(16)6-4-2;13-11-5-1-9(2-6-11)10-3-7-12(14)8-4-10/h7-12,19-20H,3-6H2,1-2H3;1-8,13-14H. The maximum Gasteiger partial charge on any atom is 0.119 e. The average molecular weight is 457 g/mol. The highest BCUT2D eigenvalue weighted by Gasteiger charge is 2.13. The van der Waals surface area contributed by atoms with Crippen LogP contribution >= 0.6 is 0 Å². The Balaban J connectivity index is 0.000000202. The molecule has 0 spiro atoms. The summed E-state index contributed by atoms with van der Waals surface area (Å²) >= 11 is 0. The van der Waals surface area contributed by atoms with Gasteiger partial charge in [-0.2, -0.15) is 0 Å². The van der Waals surface area contributed by atoms with Gasteiger partial charge in [-0.05, 0) is 88.7 Å². The molecule has 0 saturated heterocycles. The van der Waals surface area contributed by atoms with E-state index >= 15 is 0 Å². The van der Waals surface area contributed by atoms with Gasteiger partial charge in [0.2, 0.25) is 0 Å². The first-order chi connectivity index (χ1) is 16.4. The lowest BCUT2D eigenvalue weighted by Crippen LogP contribution is -1.98. The minimum atomic E-state index is 0.257. The van der Waals surface area contributed by atoms with E-state index in [0.29, 0.717) is 5.75 Å². The highest BCUT2D eigenvalue weighted by Crippen LogP contribution is 2.34. The normalized spacial score (nSPS) is 10.4. The second kappa shape index (κ2) is 11.8. The molecule has 0 unspecified atom stereocenters. The van der Waals surface area contributed by atoms with Crippen molar-refractivity contribution in [3.8, 4) is 45.3 Å². The molecule has 0 radical (unpaired) electrons. The van der Waals surface area contributed by atoms with Crippen molar-refractivity contribution in [3.63, 3.8) is 0 Å². The summed E-state index contributed by atoms with van der Waals surface area (Å²) in [7, 11) is 0. The molecule has 0 aliphatic carbocycles. The molecule has 0 saturated carbocycles. The molecule has 4 aromatic rings. The van der Waals surface area contributed by atoms with Gasteiger partial charge in [0, 0.05) is 0 Å². The van der Waals surface area contributed by atoms with Crippen molar-refractivity contribution in [1.82, 2.24) is 0 Å². The third-order valence-electron chi connectivity index (χ3n) is 5.65. The van der Waals surface area contributed by atoms with Gasteiger partial charge in [-0.15, -0.1) is 0 Å². The quantitative estimate of drug-likeness (QED) is 0.243. The van der Waals surface area contributed by atoms with E-state index in [0.717, 1.165) is 53.5 Å². The minimum absolute atomic E-state index is 0.257. The van der Waals surface area contributed by atoms with Crippen molar-refractivity contribution >= 4 is 0 Å². The van der Waals surface area contributed by atoms with Gasteiger partial charge in [0.15, 0.2) is 0 Å². The van der Waals surface area contributed by atoms with Crippen LogP contribution in [0.2, 0.25) is 0 Å². The zero-order valence-corrected chi connectivity index (χ0v) is 19.7.